The third kappa shape index (κ3) is 4.28. The molecule has 0 radical (unpaired) electrons. The van der Waals surface area contributed by atoms with E-state index in [9.17, 15) is 4.79 Å². The molecule has 0 fully saturated rings. The van der Waals surface area contributed by atoms with Crippen molar-refractivity contribution in [3.63, 3.8) is 0 Å². The molecule has 1 unspecified atom stereocenters. The molecule has 4 heteroatoms. The second kappa shape index (κ2) is 7.76. The number of fused-ring (bicyclic) bond motifs is 1. The van der Waals surface area contributed by atoms with Crippen molar-refractivity contribution in [2.24, 2.45) is 5.73 Å². The lowest BCUT2D eigenvalue weighted by atomic mass is 10.0. The number of benzene rings is 2. The van der Waals surface area contributed by atoms with Crippen LogP contribution in [-0.4, -0.2) is 26.2 Å². The summed E-state index contributed by atoms with van der Waals surface area (Å²) in [6.45, 7) is 0.977. The Morgan fingerprint density at radius 1 is 1.24 bits per heavy atom. The number of methoxy groups -OCH3 is 1. The minimum Gasteiger partial charge on any atom is -0.385 e. The molecule has 4 nitrogen and oxygen atoms in total. The summed E-state index contributed by atoms with van der Waals surface area (Å²) in [6, 6.07) is 14.2. The van der Waals surface area contributed by atoms with E-state index in [1.807, 2.05) is 18.2 Å². The van der Waals surface area contributed by atoms with Crippen molar-refractivity contribution in [2.45, 2.75) is 18.9 Å². The molecule has 0 saturated carbocycles. The van der Waals surface area contributed by atoms with Gasteiger partial charge in [0.15, 0.2) is 0 Å². The number of hydrogen-bond donors (Lipinski definition) is 2. The van der Waals surface area contributed by atoms with Gasteiger partial charge in [-0.05, 0) is 28.8 Å². The van der Waals surface area contributed by atoms with Crippen LogP contribution in [0, 0.1) is 0 Å². The van der Waals surface area contributed by atoms with E-state index in [1.54, 1.807) is 7.11 Å². The Bertz CT molecular complexity index is 598. The molecule has 0 heterocycles. The van der Waals surface area contributed by atoms with Gasteiger partial charge in [-0.25, -0.2) is 0 Å². The first-order valence-corrected chi connectivity index (χ1v) is 7.21. The van der Waals surface area contributed by atoms with Gasteiger partial charge < -0.3 is 15.8 Å². The average molecular weight is 286 g/mol. The van der Waals surface area contributed by atoms with Crippen LogP contribution >= 0.6 is 0 Å². The second-order valence-electron chi connectivity index (χ2n) is 5.06. The van der Waals surface area contributed by atoms with Crippen LogP contribution in [-0.2, 0) is 9.53 Å². The number of carbonyl (C=O) groups excluding carboxylic acids is 1. The van der Waals surface area contributed by atoms with Crippen molar-refractivity contribution >= 4 is 16.7 Å². The van der Waals surface area contributed by atoms with E-state index in [4.69, 9.17) is 10.5 Å². The van der Waals surface area contributed by atoms with Gasteiger partial charge in [-0.1, -0.05) is 36.4 Å². The molecule has 3 N–H and O–H groups in total. The molecule has 2 rings (SSSR count). The Balaban J connectivity index is 2.06. The molecular formula is C17H22N2O2. The smallest absolute Gasteiger partial charge is 0.220 e. The fourth-order valence-electron chi connectivity index (χ4n) is 2.35. The van der Waals surface area contributed by atoms with Crippen LogP contribution in [0.4, 0.5) is 0 Å². The predicted molar refractivity (Wildman–Crippen MR) is 85.0 cm³/mol. The second-order valence-corrected chi connectivity index (χ2v) is 5.06. The van der Waals surface area contributed by atoms with Crippen LogP contribution in [0.25, 0.3) is 10.8 Å². The SMILES string of the molecule is COCCCC(=O)NC(CN)c1ccc2ccccc2c1. The average Bonchev–Trinajstić information content (AvgIpc) is 2.52. The lowest BCUT2D eigenvalue weighted by Crippen LogP contribution is -2.33. The van der Waals surface area contributed by atoms with Crippen LogP contribution in [0.3, 0.4) is 0 Å². The molecule has 2 aromatic rings. The fourth-order valence-corrected chi connectivity index (χ4v) is 2.35. The summed E-state index contributed by atoms with van der Waals surface area (Å²) in [4.78, 5) is 11.9. The molecule has 0 aliphatic heterocycles. The van der Waals surface area contributed by atoms with Crippen LogP contribution in [0.2, 0.25) is 0 Å². The van der Waals surface area contributed by atoms with Crippen molar-refractivity contribution in [3.8, 4) is 0 Å². The molecule has 21 heavy (non-hydrogen) atoms. The van der Waals surface area contributed by atoms with Gasteiger partial charge in [-0.2, -0.15) is 0 Å². The quantitative estimate of drug-likeness (QED) is 0.768. The van der Waals surface area contributed by atoms with Gasteiger partial charge in [0, 0.05) is 26.7 Å². The maximum absolute atomic E-state index is 11.9. The molecule has 1 atom stereocenters. The summed E-state index contributed by atoms with van der Waals surface area (Å²) in [5, 5.41) is 5.33. The molecule has 0 aromatic heterocycles. The highest BCUT2D eigenvalue weighted by atomic mass is 16.5. The summed E-state index contributed by atoms with van der Waals surface area (Å²) in [5.41, 5.74) is 6.85. The number of ether oxygens (including phenoxy) is 1. The molecule has 0 spiro atoms. The standard InChI is InChI=1S/C17H22N2O2/c1-21-10-4-7-17(20)19-16(12-18)15-9-8-13-5-2-3-6-14(13)11-15/h2-3,5-6,8-9,11,16H,4,7,10,12,18H2,1H3,(H,19,20). The maximum atomic E-state index is 11.9. The number of hydrogen-bond acceptors (Lipinski definition) is 3. The lowest BCUT2D eigenvalue weighted by molar-refractivity contribution is -0.122. The van der Waals surface area contributed by atoms with Crippen molar-refractivity contribution in [1.29, 1.82) is 0 Å². The van der Waals surface area contributed by atoms with E-state index in [1.165, 1.54) is 5.39 Å². The summed E-state index contributed by atoms with van der Waals surface area (Å²) in [7, 11) is 1.63. The zero-order valence-electron chi connectivity index (χ0n) is 12.3. The van der Waals surface area contributed by atoms with E-state index in [-0.39, 0.29) is 11.9 Å². The number of rotatable bonds is 7. The van der Waals surface area contributed by atoms with Gasteiger partial charge in [0.2, 0.25) is 5.91 Å². The summed E-state index contributed by atoms with van der Waals surface area (Å²) >= 11 is 0. The molecule has 112 valence electrons. The number of nitrogens with two attached hydrogens (primary N) is 1. The molecule has 0 bridgehead atoms. The van der Waals surface area contributed by atoms with Gasteiger partial charge in [-0.3, -0.25) is 4.79 Å². The van der Waals surface area contributed by atoms with Crippen molar-refractivity contribution in [3.05, 3.63) is 48.0 Å². The zero-order valence-corrected chi connectivity index (χ0v) is 12.3. The molecular weight excluding hydrogens is 264 g/mol. The minimum absolute atomic E-state index is 0.00987. The topological polar surface area (TPSA) is 64.3 Å². The Morgan fingerprint density at radius 2 is 2.00 bits per heavy atom. The Labute approximate surface area is 125 Å². The fraction of sp³-hybridized carbons (Fsp3) is 0.353. The number of nitrogens with one attached hydrogen (secondary N) is 1. The largest absolute Gasteiger partial charge is 0.385 e. The van der Waals surface area contributed by atoms with Gasteiger partial charge >= 0.3 is 0 Å². The van der Waals surface area contributed by atoms with Gasteiger partial charge in [0.25, 0.3) is 0 Å². The first-order valence-electron chi connectivity index (χ1n) is 7.21. The van der Waals surface area contributed by atoms with Crippen LogP contribution in [0.15, 0.2) is 42.5 Å². The summed E-state index contributed by atoms with van der Waals surface area (Å²) < 4.78 is 4.95. The van der Waals surface area contributed by atoms with E-state index < -0.39 is 0 Å². The maximum Gasteiger partial charge on any atom is 0.220 e. The molecule has 0 aliphatic rings. The van der Waals surface area contributed by atoms with E-state index in [0.717, 1.165) is 17.4 Å². The number of amides is 1. The van der Waals surface area contributed by atoms with Gasteiger partial charge in [-0.15, -0.1) is 0 Å². The van der Waals surface area contributed by atoms with Crippen LogP contribution in [0.1, 0.15) is 24.4 Å². The molecule has 0 saturated heterocycles. The van der Waals surface area contributed by atoms with E-state index in [0.29, 0.717) is 19.6 Å². The number of carbonyl (C=O) groups is 1. The molecule has 1 amide bonds. The minimum atomic E-state index is -0.148. The first-order chi connectivity index (χ1) is 10.2. The Kier molecular flexibility index (Phi) is 5.72. The third-order valence-corrected chi connectivity index (χ3v) is 3.50. The first kappa shape index (κ1) is 15.5. The molecule has 0 aliphatic carbocycles. The van der Waals surface area contributed by atoms with Gasteiger partial charge in [0.05, 0.1) is 6.04 Å². The monoisotopic (exact) mass is 286 g/mol. The van der Waals surface area contributed by atoms with Crippen molar-refractivity contribution in [1.82, 2.24) is 5.32 Å². The van der Waals surface area contributed by atoms with Crippen LogP contribution in [0.5, 0.6) is 0 Å². The van der Waals surface area contributed by atoms with Crippen molar-refractivity contribution in [2.75, 3.05) is 20.3 Å². The predicted octanol–water partition coefficient (Wildman–Crippen LogP) is 2.38. The molecule has 2 aromatic carbocycles. The Morgan fingerprint density at radius 3 is 2.71 bits per heavy atom. The third-order valence-electron chi connectivity index (χ3n) is 3.50. The highest BCUT2D eigenvalue weighted by Crippen LogP contribution is 2.20. The summed E-state index contributed by atoms with van der Waals surface area (Å²) in [5.74, 6) is 0.00987. The summed E-state index contributed by atoms with van der Waals surface area (Å²) in [6.07, 6.45) is 1.18. The Hall–Kier alpha value is -1.91. The van der Waals surface area contributed by atoms with Gasteiger partial charge in [0.1, 0.15) is 0 Å². The normalized spacial score (nSPS) is 12.3. The highest BCUT2D eigenvalue weighted by molar-refractivity contribution is 5.83. The zero-order chi connectivity index (χ0) is 15.1. The van der Waals surface area contributed by atoms with E-state index in [2.05, 4.69) is 29.6 Å². The van der Waals surface area contributed by atoms with Crippen molar-refractivity contribution < 1.29 is 9.53 Å². The highest BCUT2D eigenvalue weighted by Gasteiger charge is 2.13. The van der Waals surface area contributed by atoms with E-state index >= 15 is 0 Å². The van der Waals surface area contributed by atoms with Crippen LogP contribution < -0.4 is 11.1 Å². The lowest BCUT2D eigenvalue weighted by Gasteiger charge is -2.18.